The van der Waals surface area contributed by atoms with Crippen LogP contribution in [0.25, 0.3) is 28.0 Å². The highest BCUT2D eigenvalue weighted by atomic mass is 32.2. The van der Waals surface area contributed by atoms with Crippen LogP contribution in [-0.2, 0) is 4.79 Å². The van der Waals surface area contributed by atoms with Crippen LogP contribution >= 0.6 is 11.8 Å². The Hall–Kier alpha value is -3.57. The minimum Gasteiger partial charge on any atom is -0.360 e. The van der Waals surface area contributed by atoms with Gasteiger partial charge in [0.05, 0.1) is 11.3 Å². The number of rotatable bonds is 7. The predicted octanol–water partition coefficient (Wildman–Crippen LogP) is 5.26. The molecule has 1 amide bonds. The number of carbonyl (C=O) groups is 1. The van der Waals surface area contributed by atoms with E-state index in [1.807, 2.05) is 80.9 Å². The number of aryl methyl sites for hydroxylation is 1. The molecule has 0 bridgehead atoms. The highest BCUT2D eigenvalue weighted by Gasteiger charge is 2.32. The number of aromatic nitrogens is 4. The van der Waals surface area contributed by atoms with E-state index in [4.69, 9.17) is 0 Å². The Kier molecular flexibility index (Phi) is 6.49. The number of amides is 1. The molecule has 7 nitrogen and oxygen atoms in total. The van der Waals surface area contributed by atoms with Crippen LogP contribution < -0.4 is 5.32 Å². The van der Waals surface area contributed by atoms with E-state index in [2.05, 4.69) is 32.6 Å². The highest BCUT2D eigenvalue weighted by molar-refractivity contribution is 8.00. The van der Waals surface area contributed by atoms with Gasteiger partial charge in [-0.2, -0.15) is 5.26 Å². The minimum absolute atomic E-state index is 0.0249. The molecule has 0 spiro atoms. The summed E-state index contributed by atoms with van der Waals surface area (Å²) >= 11 is 1.32. The maximum absolute atomic E-state index is 13.0. The zero-order valence-corrected chi connectivity index (χ0v) is 20.8. The zero-order chi connectivity index (χ0) is 24.5. The van der Waals surface area contributed by atoms with Crippen LogP contribution in [0.3, 0.4) is 0 Å². The molecular weight excluding hydrogens is 444 g/mol. The molecular formula is C26H28N6OS. The quantitative estimate of drug-likeness (QED) is 0.358. The predicted molar refractivity (Wildman–Crippen MR) is 136 cm³/mol. The Morgan fingerprint density at radius 3 is 2.65 bits per heavy atom. The van der Waals surface area contributed by atoms with E-state index in [0.717, 1.165) is 27.7 Å². The summed E-state index contributed by atoms with van der Waals surface area (Å²) in [6.07, 6.45) is 1.94. The number of carbonyl (C=O) groups excluding carboxylic acids is 1. The van der Waals surface area contributed by atoms with Crippen molar-refractivity contribution in [2.24, 2.45) is 5.92 Å². The number of fused-ring (bicyclic) bond motifs is 1. The van der Waals surface area contributed by atoms with Crippen molar-refractivity contribution < 1.29 is 4.79 Å². The third kappa shape index (κ3) is 4.44. The maximum atomic E-state index is 13.0. The molecule has 34 heavy (non-hydrogen) atoms. The van der Waals surface area contributed by atoms with Crippen LogP contribution in [0.1, 0.15) is 33.3 Å². The number of benzene rings is 2. The molecule has 8 heteroatoms. The van der Waals surface area contributed by atoms with Gasteiger partial charge in [0, 0.05) is 28.4 Å². The largest absolute Gasteiger partial charge is 0.360 e. The van der Waals surface area contributed by atoms with Gasteiger partial charge in [0.1, 0.15) is 5.54 Å². The van der Waals surface area contributed by atoms with Gasteiger partial charge in [-0.05, 0) is 50.5 Å². The van der Waals surface area contributed by atoms with Crippen molar-refractivity contribution in [1.29, 1.82) is 5.26 Å². The standard InChI is InChI=1S/C26H28N6OS/c1-16(2)26(5,15-27)29-24(33)18(4)34-25-31-30-23(32(25)19-10-8-9-17(3)13-19)21-14-28-22-12-7-6-11-20(21)22/h6-14,16,18,28H,1-5H3,(H,29,33). The number of thioether (sulfide) groups is 1. The molecule has 0 aliphatic carbocycles. The second kappa shape index (κ2) is 9.35. The lowest BCUT2D eigenvalue weighted by Crippen LogP contribution is -2.51. The Labute approximate surface area is 203 Å². The molecule has 4 aromatic rings. The molecule has 0 saturated heterocycles. The Balaban J connectivity index is 1.74. The number of nitrogens with one attached hydrogen (secondary N) is 2. The highest BCUT2D eigenvalue weighted by Crippen LogP contribution is 2.34. The number of H-pyrrole nitrogens is 1. The summed E-state index contributed by atoms with van der Waals surface area (Å²) in [6.45, 7) is 9.44. The molecule has 2 aromatic carbocycles. The second-order valence-electron chi connectivity index (χ2n) is 8.95. The second-order valence-corrected chi connectivity index (χ2v) is 10.3. The van der Waals surface area contributed by atoms with Gasteiger partial charge < -0.3 is 10.3 Å². The van der Waals surface area contributed by atoms with Gasteiger partial charge in [-0.25, -0.2) is 0 Å². The van der Waals surface area contributed by atoms with Crippen molar-refractivity contribution in [2.75, 3.05) is 0 Å². The van der Waals surface area contributed by atoms with Gasteiger partial charge in [-0.3, -0.25) is 9.36 Å². The number of aromatic amines is 1. The van der Waals surface area contributed by atoms with Crippen LogP contribution in [0.4, 0.5) is 0 Å². The normalized spacial score (nSPS) is 14.0. The monoisotopic (exact) mass is 472 g/mol. The summed E-state index contributed by atoms with van der Waals surface area (Å²) in [6, 6.07) is 18.4. The molecule has 2 aromatic heterocycles. The van der Waals surface area contributed by atoms with E-state index >= 15 is 0 Å². The lowest BCUT2D eigenvalue weighted by molar-refractivity contribution is -0.121. The van der Waals surface area contributed by atoms with Gasteiger partial charge in [-0.1, -0.05) is 55.9 Å². The number of hydrogen-bond acceptors (Lipinski definition) is 5. The van der Waals surface area contributed by atoms with Crippen molar-refractivity contribution >= 4 is 28.6 Å². The first-order chi connectivity index (χ1) is 16.2. The molecule has 4 rings (SSSR count). The molecule has 0 radical (unpaired) electrons. The first kappa shape index (κ1) is 23.6. The van der Waals surface area contributed by atoms with E-state index in [-0.39, 0.29) is 11.8 Å². The van der Waals surface area contributed by atoms with Gasteiger partial charge in [0.2, 0.25) is 5.91 Å². The van der Waals surface area contributed by atoms with E-state index in [0.29, 0.717) is 11.0 Å². The molecule has 0 aliphatic heterocycles. The van der Waals surface area contributed by atoms with Crippen LogP contribution in [0.15, 0.2) is 59.9 Å². The van der Waals surface area contributed by atoms with Gasteiger partial charge in [0.15, 0.2) is 11.0 Å². The summed E-state index contributed by atoms with van der Waals surface area (Å²) in [5, 5.41) is 22.7. The molecule has 2 unspecified atom stereocenters. The Bertz CT molecular complexity index is 1380. The maximum Gasteiger partial charge on any atom is 0.234 e. The lowest BCUT2D eigenvalue weighted by Gasteiger charge is -2.28. The fourth-order valence-corrected chi connectivity index (χ4v) is 4.52. The molecule has 2 atom stereocenters. The summed E-state index contributed by atoms with van der Waals surface area (Å²) in [7, 11) is 0. The summed E-state index contributed by atoms with van der Waals surface area (Å²) in [4.78, 5) is 16.3. The fraction of sp³-hybridized carbons (Fsp3) is 0.308. The Morgan fingerprint density at radius 2 is 1.94 bits per heavy atom. The van der Waals surface area contributed by atoms with E-state index in [1.54, 1.807) is 6.92 Å². The SMILES string of the molecule is Cc1cccc(-n2c(SC(C)C(=O)NC(C)(C#N)C(C)C)nnc2-c2c[nH]c3ccccc23)c1. The van der Waals surface area contributed by atoms with Crippen molar-refractivity contribution in [3.63, 3.8) is 0 Å². The average molecular weight is 473 g/mol. The Morgan fingerprint density at radius 1 is 1.18 bits per heavy atom. The fourth-order valence-electron chi connectivity index (χ4n) is 3.65. The van der Waals surface area contributed by atoms with Crippen molar-refractivity contribution in [1.82, 2.24) is 25.1 Å². The smallest absolute Gasteiger partial charge is 0.234 e. The van der Waals surface area contributed by atoms with Gasteiger partial charge >= 0.3 is 0 Å². The summed E-state index contributed by atoms with van der Waals surface area (Å²) in [5.41, 5.74) is 3.04. The zero-order valence-electron chi connectivity index (χ0n) is 20.0. The van der Waals surface area contributed by atoms with Crippen molar-refractivity contribution in [3.8, 4) is 23.1 Å². The van der Waals surface area contributed by atoms with Crippen LogP contribution in [0, 0.1) is 24.2 Å². The molecule has 0 saturated carbocycles. The van der Waals surface area contributed by atoms with Crippen LogP contribution in [0.5, 0.6) is 0 Å². The molecule has 2 heterocycles. The number of nitrogens with zero attached hydrogens (tertiary/aromatic N) is 4. The van der Waals surface area contributed by atoms with Crippen LogP contribution in [0.2, 0.25) is 0 Å². The third-order valence-electron chi connectivity index (χ3n) is 6.14. The third-order valence-corrected chi connectivity index (χ3v) is 7.19. The van der Waals surface area contributed by atoms with E-state index < -0.39 is 10.8 Å². The first-order valence-corrected chi connectivity index (χ1v) is 12.1. The number of nitriles is 1. The minimum atomic E-state index is -0.939. The topological polar surface area (TPSA) is 99.4 Å². The molecule has 0 fully saturated rings. The van der Waals surface area contributed by atoms with Crippen molar-refractivity contribution in [3.05, 3.63) is 60.3 Å². The summed E-state index contributed by atoms with van der Waals surface area (Å²) < 4.78 is 1.99. The van der Waals surface area contributed by atoms with Crippen LogP contribution in [-0.4, -0.2) is 36.4 Å². The van der Waals surface area contributed by atoms with E-state index in [1.165, 1.54) is 11.8 Å². The van der Waals surface area contributed by atoms with Gasteiger partial charge in [-0.15, -0.1) is 10.2 Å². The number of hydrogen-bond donors (Lipinski definition) is 2. The van der Waals surface area contributed by atoms with E-state index in [9.17, 15) is 10.1 Å². The first-order valence-electron chi connectivity index (χ1n) is 11.2. The lowest BCUT2D eigenvalue weighted by atomic mass is 9.90. The van der Waals surface area contributed by atoms with Gasteiger partial charge in [0.25, 0.3) is 0 Å². The average Bonchev–Trinajstić information content (AvgIpc) is 3.42. The molecule has 2 N–H and O–H groups in total. The van der Waals surface area contributed by atoms with Crippen molar-refractivity contribution in [2.45, 2.75) is 50.6 Å². The summed E-state index contributed by atoms with van der Waals surface area (Å²) in [5.74, 6) is 0.459. The molecule has 174 valence electrons. The number of para-hydroxylation sites is 1. The molecule has 0 aliphatic rings.